The highest BCUT2D eigenvalue weighted by atomic mass is 16.7. The van der Waals surface area contributed by atoms with Crippen LogP contribution in [-0.2, 0) is 17.1 Å². The average molecular weight is 402 g/mol. The van der Waals surface area contributed by atoms with E-state index in [9.17, 15) is 4.79 Å². The van der Waals surface area contributed by atoms with Crippen LogP contribution in [0.4, 0.5) is 0 Å². The molecule has 0 fully saturated rings. The van der Waals surface area contributed by atoms with E-state index in [1.807, 2.05) is 36.4 Å². The van der Waals surface area contributed by atoms with Crippen molar-refractivity contribution in [2.45, 2.75) is 19.3 Å². The van der Waals surface area contributed by atoms with E-state index >= 15 is 0 Å². The van der Waals surface area contributed by atoms with Crippen LogP contribution in [-0.4, -0.2) is 13.1 Å². The molecule has 152 valence electrons. The van der Waals surface area contributed by atoms with Gasteiger partial charge in [0.15, 0.2) is 0 Å². The molecule has 0 N–H and O–H groups in total. The summed E-state index contributed by atoms with van der Waals surface area (Å²) in [6.07, 6.45) is 1.78. The van der Waals surface area contributed by atoms with Gasteiger partial charge in [-0.2, -0.15) is 0 Å². The van der Waals surface area contributed by atoms with Gasteiger partial charge in [0.05, 0.1) is 7.11 Å². The second-order valence-corrected chi connectivity index (χ2v) is 7.03. The van der Waals surface area contributed by atoms with Crippen molar-refractivity contribution in [3.63, 3.8) is 0 Å². The molecular formula is C25H22O5. The van der Waals surface area contributed by atoms with Crippen molar-refractivity contribution in [1.29, 1.82) is 0 Å². The highest BCUT2D eigenvalue weighted by Gasteiger charge is 2.41. The Kier molecular flexibility index (Phi) is 5.19. The largest absolute Gasteiger partial charge is 0.497 e. The Morgan fingerprint density at radius 1 is 1.00 bits per heavy atom. The Bertz CT molecular complexity index is 1070. The van der Waals surface area contributed by atoms with Crippen molar-refractivity contribution in [2.75, 3.05) is 7.11 Å². The number of esters is 1. The molecule has 0 spiro atoms. The van der Waals surface area contributed by atoms with Crippen LogP contribution >= 0.6 is 0 Å². The minimum absolute atomic E-state index is 0.284. The van der Waals surface area contributed by atoms with Gasteiger partial charge in [-0.1, -0.05) is 43.0 Å². The molecule has 0 radical (unpaired) electrons. The van der Waals surface area contributed by atoms with Crippen LogP contribution in [0.2, 0.25) is 0 Å². The molecule has 30 heavy (non-hydrogen) atoms. The van der Waals surface area contributed by atoms with Crippen molar-refractivity contribution in [3.8, 4) is 17.2 Å². The van der Waals surface area contributed by atoms with Crippen molar-refractivity contribution >= 4 is 12.0 Å². The van der Waals surface area contributed by atoms with Crippen LogP contribution in [0.5, 0.6) is 17.2 Å². The monoisotopic (exact) mass is 402 g/mol. The summed E-state index contributed by atoms with van der Waals surface area (Å²) < 4.78 is 22.9. The van der Waals surface area contributed by atoms with Crippen LogP contribution in [0.15, 0.2) is 73.3 Å². The summed E-state index contributed by atoms with van der Waals surface area (Å²) in [6, 6.07) is 20.3. The third kappa shape index (κ3) is 3.74. The standard InChI is InChI=1S/C25H22O5/c1-4-17-8-10-18(11-9-17)16-28-21-6-5-7-22-23(21)24(26)30-25(2,29-22)19-12-14-20(27-3)15-13-19/h4-15H,1,16H2,2-3H3. The lowest BCUT2D eigenvalue weighted by Gasteiger charge is -2.35. The smallest absolute Gasteiger partial charge is 0.349 e. The van der Waals surface area contributed by atoms with E-state index in [0.29, 0.717) is 29.4 Å². The molecule has 0 aliphatic carbocycles. The van der Waals surface area contributed by atoms with E-state index in [-0.39, 0.29) is 5.56 Å². The Hall–Kier alpha value is -3.73. The third-order valence-electron chi connectivity index (χ3n) is 5.01. The third-order valence-corrected chi connectivity index (χ3v) is 5.01. The van der Waals surface area contributed by atoms with Crippen LogP contribution in [0.1, 0.15) is 34.0 Å². The molecule has 0 saturated heterocycles. The van der Waals surface area contributed by atoms with Gasteiger partial charge in [-0.25, -0.2) is 4.79 Å². The number of fused-ring (bicyclic) bond motifs is 1. The van der Waals surface area contributed by atoms with Gasteiger partial charge in [-0.15, -0.1) is 0 Å². The highest BCUT2D eigenvalue weighted by molar-refractivity contribution is 5.96. The van der Waals surface area contributed by atoms with E-state index in [0.717, 1.165) is 11.1 Å². The predicted molar refractivity (Wildman–Crippen MR) is 114 cm³/mol. The van der Waals surface area contributed by atoms with Crippen LogP contribution in [0.25, 0.3) is 6.08 Å². The Morgan fingerprint density at radius 3 is 2.40 bits per heavy atom. The molecule has 1 aliphatic rings. The van der Waals surface area contributed by atoms with Gasteiger partial charge in [0, 0.05) is 12.5 Å². The van der Waals surface area contributed by atoms with Crippen molar-refractivity contribution in [3.05, 3.63) is 95.6 Å². The fraction of sp³-hybridized carbons (Fsp3) is 0.160. The van der Waals surface area contributed by atoms with Crippen LogP contribution in [0.3, 0.4) is 0 Å². The first-order valence-corrected chi connectivity index (χ1v) is 9.56. The summed E-state index contributed by atoms with van der Waals surface area (Å²) in [6.45, 7) is 5.78. The molecule has 5 nitrogen and oxygen atoms in total. The average Bonchev–Trinajstić information content (AvgIpc) is 2.77. The van der Waals surface area contributed by atoms with E-state index in [4.69, 9.17) is 18.9 Å². The fourth-order valence-corrected chi connectivity index (χ4v) is 3.30. The fourth-order valence-electron chi connectivity index (χ4n) is 3.30. The first-order chi connectivity index (χ1) is 14.5. The number of rotatable bonds is 6. The molecule has 1 unspecified atom stereocenters. The predicted octanol–water partition coefficient (Wildman–Crippen LogP) is 5.34. The normalized spacial score (nSPS) is 17.3. The van der Waals surface area contributed by atoms with Gasteiger partial charge in [-0.3, -0.25) is 0 Å². The second kappa shape index (κ2) is 7.95. The minimum atomic E-state index is -1.24. The highest BCUT2D eigenvalue weighted by Crippen LogP contribution is 2.41. The van der Waals surface area contributed by atoms with Gasteiger partial charge >= 0.3 is 5.97 Å². The summed E-state index contributed by atoms with van der Waals surface area (Å²) in [5, 5.41) is 0. The molecule has 1 heterocycles. The zero-order valence-electron chi connectivity index (χ0n) is 16.9. The first-order valence-electron chi connectivity index (χ1n) is 9.56. The van der Waals surface area contributed by atoms with Gasteiger partial charge in [0.1, 0.15) is 29.4 Å². The zero-order chi connectivity index (χ0) is 21.1. The van der Waals surface area contributed by atoms with Gasteiger partial charge in [-0.05, 0) is 47.5 Å². The molecular weight excluding hydrogens is 380 g/mol. The zero-order valence-corrected chi connectivity index (χ0v) is 16.9. The molecule has 4 rings (SSSR count). The maximum atomic E-state index is 12.9. The lowest BCUT2D eigenvalue weighted by atomic mass is 10.0. The number of benzene rings is 3. The molecule has 0 saturated carbocycles. The molecule has 0 amide bonds. The first kappa shape index (κ1) is 19.6. The molecule has 5 heteroatoms. The van der Waals surface area contributed by atoms with Gasteiger partial charge in [0.2, 0.25) is 0 Å². The number of hydrogen-bond acceptors (Lipinski definition) is 5. The molecule has 3 aromatic carbocycles. The number of methoxy groups -OCH3 is 1. The maximum absolute atomic E-state index is 12.9. The van der Waals surface area contributed by atoms with Crippen LogP contribution in [0, 0.1) is 0 Å². The van der Waals surface area contributed by atoms with Gasteiger partial charge < -0.3 is 18.9 Å². The Balaban J connectivity index is 1.57. The maximum Gasteiger partial charge on any atom is 0.349 e. The molecule has 3 aromatic rings. The van der Waals surface area contributed by atoms with Crippen molar-refractivity contribution in [1.82, 2.24) is 0 Å². The Labute approximate surface area is 175 Å². The van der Waals surface area contributed by atoms with Gasteiger partial charge in [0.25, 0.3) is 5.79 Å². The lowest BCUT2D eigenvalue weighted by molar-refractivity contribution is -0.148. The quantitative estimate of drug-likeness (QED) is 0.521. The number of carbonyl (C=O) groups excluding carboxylic acids is 1. The van der Waals surface area contributed by atoms with Crippen molar-refractivity contribution < 1.29 is 23.7 Å². The molecule has 1 aliphatic heterocycles. The SMILES string of the molecule is C=Cc1ccc(COc2cccc3c2C(=O)OC(C)(c2ccc(OC)cc2)O3)cc1. The summed E-state index contributed by atoms with van der Waals surface area (Å²) in [4.78, 5) is 12.9. The molecule has 0 bridgehead atoms. The lowest BCUT2D eigenvalue weighted by Crippen LogP contribution is -2.39. The summed E-state index contributed by atoms with van der Waals surface area (Å²) in [7, 11) is 1.60. The number of carbonyl (C=O) groups is 1. The van der Waals surface area contributed by atoms with Crippen molar-refractivity contribution in [2.24, 2.45) is 0 Å². The topological polar surface area (TPSA) is 54.0 Å². The molecule has 0 aromatic heterocycles. The number of ether oxygens (including phenoxy) is 4. The van der Waals surface area contributed by atoms with E-state index < -0.39 is 11.8 Å². The summed E-state index contributed by atoms with van der Waals surface area (Å²) >= 11 is 0. The second-order valence-electron chi connectivity index (χ2n) is 7.03. The van der Waals surface area contributed by atoms with Crippen LogP contribution < -0.4 is 14.2 Å². The summed E-state index contributed by atoms with van der Waals surface area (Å²) in [5.41, 5.74) is 3.00. The van der Waals surface area contributed by atoms with E-state index in [1.165, 1.54) is 0 Å². The minimum Gasteiger partial charge on any atom is -0.497 e. The summed E-state index contributed by atoms with van der Waals surface area (Å²) in [5.74, 6) is -0.185. The molecule has 1 atom stereocenters. The Morgan fingerprint density at radius 2 is 1.73 bits per heavy atom. The number of cyclic esters (lactones) is 1. The van der Waals surface area contributed by atoms with E-state index in [2.05, 4.69) is 6.58 Å². The number of hydrogen-bond donors (Lipinski definition) is 0. The van der Waals surface area contributed by atoms with E-state index in [1.54, 1.807) is 50.4 Å².